The number of benzene rings is 2. The number of nitrogen functional groups attached to an aromatic ring is 1. The van der Waals surface area contributed by atoms with E-state index in [1.807, 2.05) is 36.4 Å². The van der Waals surface area contributed by atoms with E-state index < -0.39 is 44.2 Å². The lowest BCUT2D eigenvalue weighted by Crippen LogP contribution is -2.44. The highest BCUT2D eigenvalue weighted by Crippen LogP contribution is 2.42. The number of aromatic nitrogens is 4. The van der Waals surface area contributed by atoms with Crippen LogP contribution in [0.2, 0.25) is 0 Å². The molecule has 0 bridgehead atoms. The Labute approximate surface area is 368 Å². The van der Waals surface area contributed by atoms with Gasteiger partial charge in [-0.15, -0.1) is 4.52 Å². The summed E-state index contributed by atoms with van der Waals surface area (Å²) in [5.74, 6) is -0.378. The molecule has 1 aliphatic heterocycles. The summed E-state index contributed by atoms with van der Waals surface area (Å²) in [4.78, 5) is 32.7. The number of halogens is 1. The van der Waals surface area contributed by atoms with Crippen molar-refractivity contribution in [3.8, 4) is 5.75 Å². The van der Waals surface area contributed by atoms with Crippen LogP contribution in [-0.2, 0) is 29.8 Å². The Morgan fingerprint density at radius 1 is 0.887 bits per heavy atom. The standard InChI is InChI=1S/C47H69FN6O7P/c1-3-4-5-6-7-8-9-10-11-12-13-14-15-16-17-18-19-20-27-32-58-45(56)39(33-37-28-23-21-24-29-37)54(61-38-30-25-22-26-31-38)62(57)59-35-47(2)40(55)34-41(60-47)53-36-50-42-43(49)51-46(48)52-44(42)53/h21-26,28-31,36,39-41,55H,3-20,27,32-35H2,1-2H3,(H2,49,51,52)/q+1/t39-,40-,41+,47+/m0/s1. The molecule has 13 nitrogen and oxygen atoms in total. The highest BCUT2D eigenvalue weighted by atomic mass is 31.1. The molecular formula is C47H69FN6O7P+. The fraction of sp³-hybridized carbons (Fsp3) is 0.617. The molecule has 1 aliphatic rings. The van der Waals surface area contributed by atoms with Crippen molar-refractivity contribution >= 4 is 31.1 Å². The second-order valence-electron chi connectivity index (χ2n) is 16.8. The molecule has 2 aromatic carbocycles. The van der Waals surface area contributed by atoms with Crippen LogP contribution >= 0.6 is 8.18 Å². The lowest BCUT2D eigenvalue weighted by Gasteiger charge is -2.26. The number of aliphatic hydroxyl groups excluding tert-OH is 1. The third kappa shape index (κ3) is 15.6. The van der Waals surface area contributed by atoms with Crippen molar-refractivity contribution in [3.63, 3.8) is 0 Å². The molecule has 0 saturated carbocycles. The molecule has 2 aromatic heterocycles. The van der Waals surface area contributed by atoms with Gasteiger partial charge in [-0.05, 0) is 35.6 Å². The van der Waals surface area contributed by atoms with Crippen LogP contribution in [0.25, 0.3) is 11.2 Å². The fourth-order valence-electron chi connectivity index (χ4n) is 7.88. The van der Waals surface area contributed by atoms with E-state index in [0.29, 0.717) is 5.75 Å². The molecular weight excluding hydrogens is 811 g/mol. The molecule has 0 amide bonds. The number of nitrogens with two attached hydrogens (primary N) is 1. The molecule has 3 N–H and O–H groups in total. The minimum Gasteiger partial charge on any atom is -0.464 e. The minimum absolute atomic E-state index is 0.0697. The number of nitrogens with zero attached hydrogens (tertiary/aromatic N) is 5. The van der Waals surface area contributed by atoms with Crippen LogP contribution in [-0.4, -0.2) is 66.4 Å². The van der Waals surface area contributed by atoms with Crippen LogP contribution < -0.4 is 10.6 Å². The number of imidazole rings is 1. The van der Waals surface area contributed by atoms with Gasteiger partial charge in [-0.2, -0.15) is 14.4 Å². The largest absolute Gasteiger partial charge is 0.653 e. The summed E-state index contributed by atoms with van der Waals surface area (Å²) in [6.45, 7) is 3.76. The first-order chi connectivity index (χ1) is 30.2. The average Bonchev–Trinajstić information content (AvgIpc) is 3.83. The van der Waals surface area contributed by atoms with Crippen LogP contribution in [0, 0.1) is 6.08 Å². The summed E-state index contributed by atoms with van der Waals surface area (Å²) in [5, 5.41) is 11.2. The first-order valence-electron chi connectivity index (χ1n) is 23.0. The van der Waals surface area contributed by atoms with Gasteiger partial charge in [0, 0.05) is 12.8 Å². The number of para-hydroxylation sites is 1. The molecule has 5 atom stereocenters. The quantitative estimate of drug-likeness (QED) is 0.0162. The van der Waals surface area contributed by atoms with Crippen molar-refractivity contribution in [1.82, 2.24) is 24.4 Å². The van der Waals surface area contributed by atoms with Crippen LogP contribution in [0.3, 0.4) is 0 Å². The Bertz CT molecular complexity index is 1910. The second-order valence-corrected chi connectivity index (χ2v) is 17.9. The fourth-order valence-corrected chi connectivity index (χ4v) is 8.92. The Morgan fingerprint density at radius 3 is 2.02 bits per heavy atom. The van der Waals surface area contributed by atoms with Gasteiger partial charge in [0.05, 0.1) is 19.0 Å². The van der Waals surface area contributed by atoms with Gasteiger partial charge in [-0.1, -0.05) is 171 Å². The highest BCUT2D eigenvalue weighted by molar-refractivity contribution is 7.36. The number of hydrogen-bond donors (Lipinski definition) is 2. The highest BCUT2D eigenvalue weighted by Gasteiger charge is 2.51. The monoisotopic (exact) mass is 879 g/mol. The van der Waals surface area contributed by atoms with Gasteiger partial charge in [0.15, 0.2) is 28.8 Å². The normalized spacial score (nSPS) is 18.4. The van der Waals surface area contributed by atoms with Crippen molar-refractivity contribution in [2.24, 2.45) is 0 Å². The van der Waals surface area contributed by atoms with Gasteiger partial charge in [0.1, 0.15) is 23.3 Å². The number of carbonyl (C=O) groups excluding carboxylic acids is 1. The lowest BCUT2D eigenvalue weighted by molar-refractivity contribution is -0.156. The summed E-state index contributed by atoms with van der Waals surface area (Å²) < 4.78 is 47.7. The summed E-state index contributed by atoms with van der Waals surface area (Å²) in [6, 6.07) is 16.9. The predicted molar refractivity (Wildman–Crippen MR) is 240 cm³/mol. The maximum Gasteiger partial charge on any atom is 0.653 e. The number of anilines is 1. The Morgan fingerprint density at radius 2 is 1.44 bits per heavy atom. The SMILES string of the molecule is CCCCCCCCCCCCCCCCCCCCCOC(=O)[C@H](Cc1ccccc1)N(Oc1ccccc1)[P+](=O)OC[C@@]1(C)O[C@@H](n2cnc3c(N)nc(F)nc32)C[C@@H]1O. The molecule has 3 heterocycles. The molecule has 0 spiro atoms. The lowest BCUT2D eigenvalue weighted by atomic mass is 10.0. The van der Waals surface area contributed by atoms with E-state index in [0.717, 1.165) is 36.1 Å². The smallest absolute Gasteiger partial charge is 0.464 e. The van der Waals surface area contributed by atoms with Crippen molar-refractivity contribution in [3.05, 3.63) is 78.6 Å². The summed E-state index contributed by atoms with van der Waals surface area (Å²) in [6.07, 6.45) is 22.9. The van der Waals surface area contributed by atoms with Crippen LogP contribution in [0.4, 0.5) is 10.2 Å². The van der Waals surface area contributed by atoms with Gasteiger partial charge in [-0.25, -0.2) is 4.98 Å². The Kier molecular flexibility index (Phi) is 20.9. The number of fused-ring (bicyclic) bond motifs is 1. The molecule has 0 aliphatic carbocycles. The first-order valence-corrected chi connectivity index (χ1v) is 24.2. The van der Waals surface area contributed by atoms with E-state index in [2.05, 4.69) is 21.9 Å². The number of carbonyl (C=O) groups is 1. The molecule has 4 aromatic rings. The van der Waals surface area contributed by atoms with Crippen LogP contribution in [0.1, 0.15) is 154 Å². The number of unbranched alkanes of at least 4 members (excludes halogenated alkanes) is 18. The third-order valence-electron chi connectivity index (χ3n) is 11.6. The summed E-state index contributed by atoms with van der Waals surface area (Å²) in [7, 11) is -2.88. The molecule has 5 rings (SSSR count). The van der Waals surface area contributed by atoms with Gasteiger partial charge in [0.2, 0.25) is 0 Å². The molecule has 0 radical (unpaired) electrons. The predicted octanol–water partition coefficient (Wildman–Crippen LogP) is 11.1. The average molecular weight is 880 g/mol. The molecule has 15 heteroatoms. The number of rotatable bonds is 31. The second kappa shape index (κ2) is 26.5. The molecule has 1 unspecified atom stereocenters. The number of hydrogen-bond acceptors (Lipinski definition) is 11. The topological polar surface area (TPSA) is 164 Å². The first kappa shape index (κ1) is 49.0. The van der Waals surface area contributed by atoms with Crippen molar-refractivity contribution in [2.45, 2.75) is 173 Å². The van der Waals surface area contributed by atoms with Crippen molar-refractivity contribution < 1.29 is 37.7 Å². The van der Waals surface area contributed by atoms with Gasteiger partial charge < -0.3 is 25.2 Å². The van der Waals surface area contributed by atoms with Crippen molar-refractivity contribution in [2.75, 3.05) is 18.9 Å². The van der Waals surface area contributed by atoms with Crippen molar-refractivity contribution in [1.29, 1.82) is 0 Å². The number of hydroxylamine groups is 1. The number of ether oxygens (including phenoxy) is 2. The zero-order chi connectivity index (χ0) is 44.0. The molecule has 1 fully saturated rings. The number of esters is 1. The van der Waals surface area contributed by atoms with Crippen LogP contribution in [0.15, 0.2) is 67.0 Å². The maximum absolute atomic E-state index is 14.2. The summed E-state index contributed by atoms with van der Waals surface area (Å²) >= 11 is 0. The third-order valence-corrected chi connectivity index (χ3v) is 12.7. The Balaban J connectivity index is 1.09. The maximum atomic E-state index is 14.2. The van der Waals surface area contributed by atoms with E-state index in [4.69, 9.17) is 24.6 Å². The van der Waals surface area contributed by atoms with E-state index in [1.165, 1.54) is 107 Å². The van der Waals surface area contributed by atoms with Gasteiger partial charge in [0.25, 0.3) is 0 Å². The Hall–Kier alpha value is -4.07. The summed E-state index contributed by atoms with van der Waals surface area (Å²) in [5.41, 5.74) is 5.58. The zero-order valence-electron chi connectivity index (χ0n) is 36.9. The van der Waals surface area contributed by atoms with Crippen LogP contribution in [0.5, 0.6) is 5.75 Å². The van der Waals surface area contributed by atoms with E-state index in [9.17, 15) is 18.9 Å². The van der Waals surface area contributed by atoms with E-state index >= 15 is 0 Å². The minimum atomic E-state index is -2.88. The van der Waals surface area contributed by atoms with Gasteiger partial charge >= 0.3 is 20.2 Å². The number of aliphatic hydroxyl groups is 1. The molecule has 1 saturated heterocycles. The molecule has 340 valence electrons. The zero-order valence-corrected chi connectivity index (χ0v) is 37.8. The molecule has 62 heavy (non-hydrogen) atoms. The van der Waals surface area contributed by atoms with E-state index in [1.54, 1.807) is 31.2 Å². The van der Waals surface area contributed by atoms with Gasteiger partial charge in [-0.3, -0.25) is 9.36 Å². The van der Waals surface area contributed by atoms with E-state index in [-0.39, 0.29) is 43.0 Å².